The second-order valence-electron chi connectivity index (χ2n) is 5.55. The van der Waals surface area contributed by atoms with Gasteiger partial charge in [-0.1, -0.05) is 23.7 Å². The van der Waals surface area contributed by atoms with Crippen molar-refractivity contribution in [2.45, 2.75) is 13.5 Å². The third-order valence-corrected chi connectivity index (χ3v) is 4.19. The second-order valence-corrected chi connectivity index (χ2v) is 5.99. The standard InChI is InChI=1S/C18H13ClN2O/c1-11-3-2-4-14(7-11)21-10-17-15(18(21)22)9-12-8-13(19)5-6-16(12)20-17/h2-9H,10H2,1H3. The fourth-order valence-electron chi connectivity index (χ4n) is 2.86. The molecule has 2 aromatic carbocycles. The predicted molar refractivity (Wildman–Crippen MR) is 88.4 cm³/mol. The second kappa shape index (κ2) is 4.82. The van der Waals surface area contributed by atoms with E-state index in [0.717, 1.165) is 27.8 Å². The lowest BCUT2D eigenvalue weighted by Gasteiger charge is -2.15. The van der Waals surface area contributed by atoms with Crippen LogP contribution in [0.5, 0.6) is 0 Å². The molecule has 3 aromatic rings. The van der Waals surface area contributed by atoms with E-state index in [1.165, 1.54) is 0 Å². The van der Waals surface area contributed by atoms with Crippen molar-refractivity contribution in [3.63, 3.8) is 0 Å². The number of carbonyl (C=O) groups excluding carboxylic acids is 1. The molecule has 0 spiro atoms. The van der Waals surface area contributed by atoms with E-state index in [1.807, 2.05) is 55.5 Å². The Morgan fingerprint density at radius 1 is 1.14 bits per heavy atom. The van der Waals surface area contributed by atoms with E-state index < -0.39 is 0 Å². The van der Waals surface area contributed by atoms with Crippen molar-refractivity contribution >= 4 is 34.1 Å². The maximum atomic E-state index is 12.7. The van der Waals surface area contributed by atoms with Crippen LogP contribution >= 0.6 is 11.6 Å². The fraction of sp³-hybridized carbons (Fsp3) is 0.111. The summed E-state index contributed by atoms with van der Waals surface area (Å²) < 4.78 is 0. The number of fused-ring (bicyclic) bond motifs is 2. The Morgan fingerprint density at radius 2 is 2.00 bits per heavy atom. The van der Waals surface area contributed by atoms with Gasteiger partial charge < -0.3 is 4.90 Å². The molecule has 0 bridgehead atoms. The number of anilines is 1. The first kappa shape index (κ1) is 13.3. The van der Waals surface area contributed by atoms with Crippen LogP contribution in [-0.2, 0) is 6.54 Å². The number of pyridine rings is 1. The number of carbonyl (C=O) groups is 1. The van der Waals surface area contributed by atoms with Gasteiger partial charge in [0.1, 0.15) is 0 Å². The number of hydrogen-bond donors (Lipinski definition) is 0. The first-order chi connectivity index (χ1) is 10.6. The van der Waals surface area contributed by atoms with Gasteiger partial charge in [0, 0.05) is 16.1 Å². The summed E-state index contributed by atoms with van der Waals surface area (Å²) in [7, 11) is 0. The molecule has 1 aliphatic heterocycles. The van der Waals surface area contributed by atoms with E-state index in [9.17, 15) is 4.79 Å². The summed E-state index contributed by atoms with van der Waals surface area (Å²) in [6.07, 6.45) is 0. The molecule has 0 saturated heterocycles. The van der Waals surface area contributed by atoms with E-state index in [-0.39, 0.29) is 5.91 Å². The Hall–Kier alpha value is -2.39. The minimum absolute atomic E-state index is 0.00465. The van der Waals surface area contributed by atoms with Gasteiger partial charge in [0.2, 0.25) is 0 Å². The Labute approximate surface area is 133 Å². The Kier molecular flexibility index (Phi) is 2.91. The molecular formula is C18H13ClN2O. The van der Waals surface area contributed by atoms with Crippen molar-refractivity contribution in [2.24, 2.45) is 0 Å². The first-order valence-corrected chi connectivity index (χ1v) is 7.47. The van der Waals surface area contributed by atoms with Crippen LogP contribution in [0.1, 0.15) is 21.6 Å². The summed E-state index contributed by atoms with van der Waals surface area (Å²) in [6.45, 7) is 2.53. The Balaban J connectivity index is 1.82. The molecule has 22 heavy (non-hydrogen) atoms. The van der Waals surface area contributed by atoms with Crippen molar-refractivity contribution in [2.75, 3.05) is 4.90 Å². The molecule has 0 fully saturated rings. The highest BCUT2D eigenvalue weighted by Crippen LogP contribution is 2.30. The zero-order chi connectivity index (χ0) is 15.3. The summed E-state index contributed by atoms with van der Waals surface area (Å²) in [6, 6.07) is 15.4. The Morgan fingerprint density at radius 3 is 2.82 bits per heavy atom. The smallest absolute Gasteiger partial charge is 0.260 e. The molecule has 1 aliphatic rings. The van der Waals surface area contributed by atoms with Crippen molar-refractivity contribution in [3.8, 4) is 0 Å². The van der Waals surface area contributed by atoms with Gasteiger partial charge in [-0.15, -0.1) is 0 Å². The highest BCUT2D eigenvalue weighted by atomic mass is 35.5. The molecule has 0 atom stereocenters. The largest absolute Gasteiger partial charge is 0.302 e. The lowest BCUT2D eigenvalue weighted by atomic mass is 10.1. The van der Waals surface area contributed by atoms with Crippen LogP contribution in [0.4, 0.5) is 5.69 Å². The Bertz CT molecular complexity index is 920. The van der Waals surface area contributed by atoms with E-state index in [0.29, 0.717) is 17.1 Å². The van der Waals surface area contributed by atoms with E-state index in [2.05, 4.69) is 4.98 Å². The molecule has 0 N–H and O–H groups in total. The molecule has 1 aromatic heterocycles. The van der Waals surface area contributed by atoms with Gasteiger partial charge in [-0.3, -0.25) is 9.78 Å². The number of aromatic nitrogens is 1. The number of benzene rings is 2. The molecule has 1 amide bonds. The number of amides is 1. The third-order valence-electron chi connectivity index (χ3n) is 3.95. The average molecular weight is 309 g/mol. The third kappa shape index (κ3) is 2.06. The number of aryl methyl sites for hydroxylation is 1. The van der Waals surface area contributed by atoms with Gasteiger partial charge in [0.05, 0.1) is 23.3 Å². The van der Waals surface area contributed by atoms with Crippen LogP contribution in [0, 0.1) is 6.92 Å². The van der Waals surface area contributed by atoms with Crippen LogP contribution in [0.2, 0.25) is 5.02 Å². The van der Waals surface area contributed by atoms with Gasteiger partial charge in [-0.2, -0.15) is 0 Å². The molecule has 0 aliphatic carbocycles. The molecule has 108 valence electrons. The minimum atomic E-state index is -0.00465. The van der Waals surface area contributed by atoms with Gasteiger partial charge in [0.15, 0.2) is 0 Å². The monoisotopic (exact) mass is 308 g/mol. The van der Waals surface area contributed by atoms with Crippen LogP contribution in [0.3, 0.4) is 0 Å². The topological polar surface area (TPSA) is 33.2 Å². The minimum Gasteiger partial charge on any atom is -0.302 e. The highest BCUT2D eigenvalue weighted by molar-refractivity contribution is 6.31. The summed E-state index contributed by atoms with van der Waals surface area (Å²) in [5.74, 6) is -0.00465. The summed E-state index contributed by atoms with van der Waals surface area (Å²) in [5.41, 5.74) is 4.39. The number of halogens is 1. The zero-order valence-corrected chi connectivity index (χ0v) is 12.8. The van der Waals surface area contributed by atoms with Gasteiger partial charge >= 0.3 is 0 Å². The fourth-order valence-corrected chi connectivity index (χ4v) is 3.04. The van der Waals surface area contributed by atoms with E-state index in [4.69, 9.17) is 11.6 Å². The highest BCUT2D eigenvalue weighted by Gasteiger charge is 2.30. The zero-order valence-electron chi connectivity index (χ0n) is 12.0. The van der Waals surface area contributed by atoms with Gasteiger partial charge in [-0.25, -0.2) is 0 Å². The summed E-state index contributed by atoms with van der Waals surface area (Å²) >= 11 is 6.02. The van der Waals surface area contributed by atoms with Crippen LogP contribution in [0.15, 0.2) is 48.5 Å². The van der Waals surface area contributed by atoms with Gasteiger partial charge in [-0.05, 0) is 48.9 Å². The lowest BCUT2D eigenvalue weighted by Crippen LogP contribution is -2.22. The van der Waals surface area contributed by atoms with Crippen molar-refractivity contribution in [1.29, 1.82) is 0 Å². The van der Waals surface area contributed by atoms with Crippen LogP contribution < -0.4 is 4.90 Å². The molecule has 0 radical (unpaired) electrons. The summed E-state index contributed by atoms with van der Waals surface area (Å²) in [4.78, 5) is 19.1. The molecule has 3 nitrogen and oxygen atoms in total. The molecule has 0 unspecified atom stereocenters. The molecule has 4 rings (SSSR count). The lowest BCUT2D eigenvalue weighted by molar-refractivity contribution is 0.0996. The number of hydrogen-bond acceptors (Lipinski definition) is 2. The maximum Gasteiger partial charge on any atom is 0.260 e. The first-order valence-electron chi connectivity index (χ1n) is 7.09. The summed E-state index contributed by atoms with van der Waals surface area (Å²) in [5, 5.41) is 1.54. The normalized spacial score (nSPS) is 13.7. The maximum absolute atomic E-state index is 12.7. The van der Waals surface area contributed by atoms with E-state index in [1.54, 1.807) is 4.90 Å². The average Bonchev–Trinajstić information content (AvgIpc) is 2.82. The van der Waals surface area contributed by atoms with Crippen LogP contribution in [0.25, 0.3) is 10.9 Å². The molecule has 2 heterocycles. The number of nitrogens with zero attached hydrogens (tertiary/aromatic N) is 2. The van der Waals surface area contributed by atoms with Crippen molar-refractivity contribution in [3.05, 3.63) is 70.4 Å². The predicted octanol–water partition coefficient (Wildman–Crippen LogP) is 4.36. The molecular weight excluding hydrogens is 296 g/mol. The van der Waals surface area contributed by atoms with Gasteiger partial charge in [0.25, 0.3) is 5.91 Å². The van der Waals surface area contributed by atoms with E-state index >= 15 is 0 Å². The molecule has 0 saturated carbocycles. The van der Waals surface area contributed by atoms with Crippen molar-refractivity contribution in [1.82, 2.24) is 4.98 Å². The molecule has 4 heteroatoms. The van der Waals surface area contributed by atoms with Crippen molar-refractivity contribution < 1.29 is 4.79 Å². The number of rotatable bonds is 1. The SMILES string of the molecule is Cc1cccc(N2Cc3nc4ccc(Cl)cc4cc3C2=O)c1. The quantitative estimate of drug-likeness (QED) is 0.669. The van der Waals surface area contributed by atoms with Crippen LogP contribution in [-0.4, -0.2) is 10.9 Å².